The Morgan fingerprint density at radius 1 is 0.256 bits per heavy atom. The van der Waals surface area contributed by atoms with Crippen molar-refractivity contribution >= 4 is 17.9 Å². The molecule has 470 valence electrons. The van der Waals surface area contributed by atoms with Crippen molar-refractivity contribution < 1.29 is 28.6 Å². The highest BCUT2D eigenvalue weighted by Crippen LogP contribution is 2.17. The van der Waals surface area contributed by atoms with Gasteiger partial charge in [0, 0.05) is 19.3 Å². The van der Waals surface area contributed by atoms with Gasteiger partial charge in [-0.2, -0.15) is 0 Å². The number of rotatable bonds is 63. The molecule has 0 fully saturated rings. The fraction of sp³-hybridized carbons (Fsp3) is 0.724. The Morgan fingerprint density at radius 3 is 0.793 bits per heavy atom. The summed E-state index contributed by atoms with van der Waals surface area (Å²) < 4.78 is 16.9. The molecule has 6 nitrogen and oxygen atoms in total. The molecule has 6 heteroatoms. The smallest absolute Gasteiger partial charge is 0.306 e. The van der Waals surface area contributed by atoms with Crippen LogP contribution in [0.5, 0.6) is 0 Å². The SMILES string of the molecule is CC/C=C\C/C=C\C/C=C\C/C=C\C/C=C\CCCCCCCCCCCCCCCCCCCCCC(=O)OCC(COC(=O)CCCCCCC/C=C\C/C=C\CCC)OC(=O)CCCCCCC/C=C\C/C=C\CCCCCC. The lowest BCUT2D eigenvalue weighted by atomic mass is 10.0. The number of allylic oxidation sites excluding steroid dienone is 18. The van der Waals surface area contributed by atoms with Crippen molar-refractivity contribution in [2.75, 3.05) is 13.2 Å². The molecular formula is C76H130O6. The van der Waals surface area contributed by atoms with E-state index in [1.807, 2.05) is 0 Å². The molecule has 0 aromatic carbocycles. The van der Waals surface area contributed by atoms with Crippen molar-refractivity contribution in [1.82, 2.24) is 0 Å². The second kappa shape index (κ2) is 69.6. The van der Waals surface area contributed by atoms with E-state index >= 15 is 0 Å². The van der Waals surface area contributed by atoms with E-state index in [-0.39, 0.29) is 31.1 Å². The van der Waals surface area contributed by atoms with Crippen LogP contribution < -0.4 is 0 Å². The zero-order valence-corrected chi connectivity index (χ0v) is 54.0. The molecule has 0 aliphatic heterocycles. The lowest BCUT2D eigenvalue weighted by Crippen LogP contribution is -2.30. The quantitative estimate of drug-likeness (QED) is 0.0261. The van der Waals surface area contributed by atoms with Gasteiger partial charge in [-0.3, -0.25) is 14.4 Å². The van der Waals surface area contributed by atoms with Gasteiger partial charge in [0.2, 0.25) is 0 Å². The third-order valence-electron chi connectivity index (χ3n) is 15.0. The van der Waals surface area contributed by atoms with Gasteiger partial charge >= 0.3 is 17.9 Å². The van der Waals surface area contributed by atoms with Crippen molar-refractivity contribution in [1.29, 1.82) is 0 Å². The van der Waals surface area contributed by atoms with Gasteiger partial charge in [-0.1, -0.05) is 304 Å². The number of esters is 3. The van der Waals surface area contributed by atoms with Gasteiger partial charge in [0.25, 0.3) is 0 Å². The van der Waals surface area contributed by atoms with Crippen molar-refractivity contribution in [2.45, 2.75) is 341 Å². The Bertz CT molecular complexity index is 1640. The minimum Gasteiger partial charge on any atom is -0.462 e. The van der Waals surface area contributed by atoms with Crippen LogP contribution in [0.2, 0.25) is 0 Å². The molecule has 1 unspecified atom stereocenters. The Hall–Kier alpha value is -3.93. The number of hydrogen-bond acceptors (Lipinski definition) is 6. The van der Waals surface area contributed by atoms with Gasteiger partial charge in [0.05, 0.1) is 0 Å². The van der Waals surface area contributed by atoms with Crippen molar-refractivity contribution in [3.63, 3.8) is 0 Å². The molecule has 0 saturated carbocycles. The molecule has 0 radical (unpaired) electrons. The highest BCUT2D eigenvalue weighted by molar-refractivity contribution is 5.71. The normalized spacial score (nSPS) is 12.8. The van der Waals surface area contributed by atoms with E-state index in [9.17, 15) is 14.4 Å². The van der Waals surface area contributed by atoms with Crippen LogP contribution in [0.4, 0.5) is 0 Å². The van der Waals surface area contributed by atoms with E-state index in [0.29, 0.717) is 19.3 Å². The lowest BCUT2D eigenvalue weighted by molar-refractivity contribution is -0.167. The first-order valence-electron chi connectivity index (χ1n) is 34.9. The Labute approximate surface area is 508 Å². The summed E-state index contributed by atoms with van der Waals surface area (Å²) in [7, 11) is 0. The highest BCUT2D eigenvalue weighted by atomic mass is 16.6. The minimum absolute atomic E-state index is 0.0854. The van der Waals surface area contributed by atoms with Crippen LogP contribution >= 0.6 is 0 Å². The first kappa shape index (κ1) is 78.1. The molecule has 0 heterocycles. The predicted octanol–water partition coefficient (Wildman–Crippen LogP) is 24.2. The fourth-order valence-corrected chi connectivity index (χ4v) is 9.78. The average Bonchev–Trinajstić information content (AvgIpc) is 3.47. The summed E-state index contributed by atoms with van der Waals surface area (Å²) in [6, 6.07) is 0. The largest absolute Gasteiger partial charge is 0.462 e. The zero-order valence-electron chi connectivity index (χ0n) is 54.0. The molecule has 0 saturated heterocycles. The van der Waals surface area contributed by atoms with E-state index in [1.165, 1.54) is 148 Å². The molecule has 0 bridgehead atoms. The Kier molecular flexibility index (Phi) is 66.2. The van der Waals surface area contributed by atoms with Crippen molar-refractivity contribution in [3.8, 4) is 0 Å². The molecule has 1 atom stereocenters. The molecule has 0 aliphatic rings. The van der Waals surface area contributed by atoms with E-state index in [2.05, 4.69) is 130 Å². The third kappa shape index (κ3) is 66.9. The monoisotopic (exact) mass is 1140 g/mol. The molecular weight excluding hydrogens is 1010 g/mol. The molecule has 0 spiro atoms. The number of hydrogen-bond donors (Lipinski definition) is 0. The van der Waals surface area contributed by atoms with Crippen molar-refractivity contribution in [3.05, 3.63) is 109 Å². The third-order valence-corrected chi connectivity index (χ3v) is 15.0. The Balaban J connectivity index is 4.14. The molecule has 0 aliphatic carbocycles. The van der Waals surface area contributed by atoms with Crippen LogP contribution in [0.15, 0.2) is 109 Å². The van der Waals surface area contributed by atoms with E-state index in [1.54, 1.807) is 0 Å². The summed E-state index contributed by atoms with van der Waals surface area (Å²) in [5.41, 5.74) is 0. The molecule has 0 aromatic heterocycles. The van der Waals surface area contributed by atoms with Crippen LogP contribution in [-0.4, -0.2) is 37.2 Å². The maximum absolute atomic E-state index is 12.9. The van der Waals surface area contributed by atoms with Gasteiger partial charge < -0.3 is 14.2 Å². The lowest BCUT2D eigenvalue weighted by Gasteiger charge is -2.18. The maximum Gasteiger partial charge on any atom is 0.306 e. The highest BCUT2D eigenvalue weighted by Gasteiger charge is 2.19. The minimum atomic E-state index is -0.791. The number of ether oxygens (including phenoxy) is 3. The first-order valence-corrected chi connectivity index (χ1v) is 34.9. The fourth-order valence-electron chi connectivity index (χ4n) is 9.78. The van der Waals surface area contributed by atoms with E-state index in [0.717, 1.165) is 148 Å². The van der Waals surface area contributed by atoms with Gasteiger partial charge in [-0.15, -0.1) is 0 Å². The summed E-state index contributed by atoms with van der Waals surface area (Å²) in [6.45, 7) is 6.45. The standard InChI is InChI=1S/C76H130O6/c1-4-7-10-13-16-19-22-25-27-29-30-31-32-33-34-35-36-37-38-39-40-41-42-43-44-45-46-47-49-51-54-57-60-63-66-69-75(78)81-72-73(71-80-74(77)68-65-62-59-56-53-50-24-21-18-15-12-9-6-3)82-76(79)70-67-64-61-58-55-52-48-28-26-23-20-17-14-11-8-5-2/h7,10,12,15-16,19-21,23-25,27-28,30-31,33-34,48,73H,4-6,8-9,11,13-14,17-18,22,26,29,32,35-47,49-72H2,1-3H3/b10-7-,15-12-,19-16-,23-20-,24-21-,27-25-,31-30-,34-33-,48-28-. The van der Waals surface area contributed by atoms with Gasteiger partial charge in [0.1, 0.15) is 13.2 Å². The zero-order chi connectivity index (χ0) is 59.2. The van der Waals surface area contributed by atoms with Crippen LogP contribution in [0.3, 0.4) is 0 Å². The van der Waals surface area contributed by atoms with Gasteiger partial charge in [0.15, 0.2) is 6.10 Å². The molecule has 0 N–H and O–H groups in total. The van der Waals surface area contributed by atoms with Crippen LogP contribution in [0.1, 0.15) is 335 Å². The number of carbonyl (C=O) groups is 3. The van der Waals surface area contributed by atoms with E-state index in [4.69, 9.17) is 14.2 Å². The maximum atomic E-state index is 12.9. The predicted molar refractivity (Wildman–Crippen MR) is 357 cm³/mol. The summed E-state index contributed by atoms with van der Waals surface area (Å²) in [5, 5.41) is 0. The summed E-state index contributed by atoms with van der Waals surface area (Å²) >= 11 is 0. The number of carbonyl (C=O) groups excluding carboxylic acids is 3. The molecule has 0 rings (SSSR count). The second-order valence-electron chi connectivity index (χ2n) is 23.1. The van der Waals surface area contributed by atoms with Crippen LogP contribution in [0.25, 0.3) is 0 Å². The first-order chi connectivity index (χ1) is 40.5. The van der Waals surface area contributed by atoms with Crippen LogP contribution in [0, 0.1) is 0 Å². The van der Waals surface area contributed by atoms with Crippen LogP contribution in [-0.2, 0) is 28.6 Å². The topological polar surface area (TPSA) is 78.9 Å². The second-order valence-corrected chi connectivity index (χ2v) is 23.1. The van der Waals surface area contributed by atoms with Gasteiger partial charge in [-0.05, 0) is 122 Å². The molecule has 0 amide bonds. The average molecular weight is 1140 g/mol. The number of unbranched alkanes of at least 4 members (excludes halogenated alkanes) is 34. The Morgan fingerprint density at radius 2 is 0.500 bits per heavy atom. The summed E-state index contributed by atoms with van der Waals surface area (Å²) in [5.74, 6) is -0.902. The molecule has 82 heavy (non-hydrogen) atoms. The van der Waals surface area contributed by atoms with E-state index < -0.39 is 6.10 Å². The van der Waals surface area contributed by atoms with Crippen molar-refractivity contribution in [2.24, 2.45) is 0 Å². The molecule has 0 aromatic rings. The summed E-state index contributed by atoms with van der Waals surface area (Å²) in [6.07, 6.45) is 95.5. The van der Waals surface area contributed by atoms with Gasteiger partial charge in [-0.25, -0.2) is 0 Å². The summed E-state index contributed by atoms with van der Waals surface area (Å²) in [4.78, 5) is 38.3.